The maximum atomic E-state index is 12.2. The molecule has 3 N–H and O–H groups in total. The molecule has 1 saturated carbocycles. The number of furan rings is 1. The van der Waals surface area contributed by atoms with Gasteiger partial charge in [0.1, 0.15) is 5.76 Å². The number of carbonyl (C=O) groups excluding carboxylic acids is 1. The van der Waals surface area contributed by atoms with Gasteiger partial charge < -0.3 is 15.5 Å². The number of anilines is 2. The molecule has 0 atom stereocenters. The highest BCUT2D eigenvalue weighted by Gasteiger charge is 2.30. The van der Waals surface area contributed by atoms with Crippen molar-refractivity contribution in [2.24, 2.45) is 0 Å². The fraction of sp³-hybridized carbons (Fsp3) is 0.312. The monoisotopic (exact) mass is 285 g/mol. The Hall–Kier alpha value is -2.27. The highest BCUT2D eigenvalue weighted by molar-refractivity contribution is 5.95. The number of hydrogen-bond acceptors (Lipinski definition) is 4. The van der Waals surface area contributed by atoms with Crippen LogP contribution in [0.25, 0.3) is 0 Å². The van der Waals surface area contributed by atoms with Crippen LogP contribution < -0.4 is 11.1 Å². The second-order valence-electron chi connectivity index (χ2n) is 5.35. The molecule has 1 amide bonds. The zero-order chi connectivity index (χ0) is 14.7. The maximum Gasteiger partial charge on any atom is 0.238 e. The lowest BCUT2D eigenvalue weighted by Crippen LogP contribution is -2.34. The van der Waals surface area contributed by atoms with Crippen LogP contribution in [-0.4, -0.2) is 23.4 Å². The van der Waals surface area contributed by atoms with Gasteiger partial charge in [-0.3, -0.25) is 9.69 Å². The minimum absolute atomic E-state index is 0.0497. The van der Waals surface area contributed by atoms with Crippen LogP contribution in [0.5, 0.6) is 0 Å². The third-order valence-corrected chi connectivity index (χ3v) is 3.58. The van der Waals surface area contributed by atoms with E-state index in [0.29, 0.717) is 30.5 Å². The highest BCUT2D eigenvalue weighted by Crippen LogP contribution is 2.28. The molecule has 110 valence electrons. The van der Waals surface area contributed by atoms with Gasteiger partial charge in [0, 0.05) is 6.04 Å². The summed E-state index contributed by atoms with van der Waals surface area (Å²) in [6.45, 7) is 1.01. The molecule has 0 spiro atoms. The van der Waals surface area contributed by atoms with Crippen LogP contribution in [0.2, 0.25) is 0 Å². The van der Waals surface area contributed by atoms with Crippen molar-refractivity contribution in [1.29, 1.82) is 0 Å². The first kappa shape index (κ1) is 13.7. The molecule has 1 fully saturated rings. The van der Waals surface area contributed by atoms with E-state index in [1.165, 1.54) is 0 Å². The van der Waals surface area contributed by atoms with Crippen LogP contribution >= 0.6 is 0 Å². The van der Waals surface area contributed by atoms with Crippen LogP contribution in [0.4, 0.5) is 11.4 Å². The number of nitrogens with one attached hydrogen (secondary N) is 1. The van der Waals surface area contributed by atoms with Gasteiger partial charge in [0.2, 0.25) is 5.91 Å². The van der Waals surface area contributed by atoms with Crippen molar-refractivity contribution in [1.82, 2.24) is 4.90 Å². The van der Waals surface area contributed by atoms with Gasteiger partial charge in [-0.05, 0) is 37.1 Å². The Bertz CT molecular complexity index is 606. The highest BCUT2D eigenvalue weighted by atomic mass is 16.3. The number of para-hydroxylation sites is 2. The van der Waals surface area contributed by atoms with Gasteiger partial charge in [0.15, 0.2) is 0 Å². The van der Waals surface area contributed by atoms with E-state index in [2.05, 4.69) is 10.2 Å². The maximum absolute atomic E-state index is 12.2. The first-order valence-corrected chi connectivity index (χ1v) is 7.13. The lowest BCUT2D eigenvalue weighted by atomic mass is 10.2. The summed E-state index contributed by atoms with van der Waals surface area (Å²) in [6, 6.07) is 11.6. The number of hydrogen-bond donors (Lipinski definition) is 2. The number of nitrogens with two attached hydrogens (primary N) is 1. The Morgan fingerprint density at radius 2 is 2.10 bits per heavy atom. The van der Waals surface area contributed by atoms with Crippen molar-refractivity contribution in [3.8, 4) is 0 Å². The van der Waals surface area contributed by atoms with Gasteiger partial charge in [-0.1, -0.05) is 12.1 Å². The van der Waals surface area contributed by atoms with E-state index in [-0.39, 0.29) is 5.91 Å². The summed E-state index contributed by atoms with van der Waals surface area (Å²) in [5, 5.41) is 2.87. The molecule has 1 heterocycles. The summed E-state index contributed by atoms with van der Waals surface area (Å²) in [7, 11) is 0. The zero-order valence-corrected chi connectivity index (χ0v) is 11.8. The Morgan fingerprint density at radius 1 is 1.29 bits per heavy atom. The van der Waals surface area contributed by atoms with E-state index in [4.69, 9.17) is 10.2 Å². The van der Waals surface area contributed by atoms with Crippen LogP contribution in [0.1, 0.15) is 18.6 Å². The normalized spacial score (nSPS) is 14.3. The average Bonchev–Trinajstić information content (AvgIpc) is 3.19. The second-order valence-corrected chi connectivity index (χ2v) is 5.35. The molecule has 0 unspecified atom stereocenters. The largest absolute Gasteiger partial charge is 0.468 e. The fourth-order valence-corrected chi connectivity index (χ4v) is 2.34. The Labute approximate surface area is 123 Å². The summed E-state index contributed by atoms with van der Waals surface area (Å²) >= 11 is 0. The number of rotatable bonds is 6. The number of nitrogen functional groups attached to an aromatic ring is 1. The number of amides is 1. The molecular formula is C16H19N3O2. The molecule has 5 nitrogen and oxygen atoms in total. The number of nitrogens with zero attached hydrogens (tertiary/aromatic N) is 1. The minimum atomic E-state index is -0.0497. The first-order valence-electron chi connectivity index (χ1n) is 7.13. The standard InChI is InChI=1S/C16H19N3O2/c17-14-5-1-2-6-15(14)18-16(20)11-19(12-7-8-12)10-13-4-3-9-21-13/h1-6,9,12H,7-8,10-11,17H2,(H,18,20). The molecular weight excluding hydrogens is 266 g/mol. The van der Waals surface area contributed by atoms with Gasteiger partial charge in [-0.15, -0.1) is 0 Å². The summed E-state index contributed by atoms with van der Waals surface area (Å²) in [5.74, 6) is 0.834. The van der Waals surface area contributed by atoms with Gasteiger partial charge in [-0.2, -0.15) is 0 Å². The first-order chi connectivity index (χ1) is 10.2. The molecule has 0 saturated heterocycles. The van der Waals surface area contributed by atoms with Crippen LogP contribution in [0, 0.1) is 0 Å². The van der Waals surface area contributed by atoms with Crippen molar-refractivity contribution in [3.63, 3.8) is 0 Å². The molecule has 21 heavy (non-hydrogen) atoms. The summed E-state index contributed by atoms with van der Waals surface area (Å²) in [5.41, 5.74) is 7.08. The lowest BCUT2D eigenvalue weighted by Gasteiger charge is -2.20. The minimum Gasteiger partial charge on any atom is -0.468 e. The van der Waals surface area contributed by atoms with Crippen molar-refractivity contribution in [3.05, 3.63) is 48.4 Å². The van der Waals surface area contributed by atoms with E-state index >= 15 is 0 Å². The van der Waals surface area contributed by atoms with E-state index in [0.717, 1.165) is 18.6 Å². The Balaban J connectivity index is 1.60. The third-order valence-electron chi connectivity index (χ3n) is 3.58. The second kappa shape index (κ2) is 6.01. The van der Waals surface area contributed by atoms with Gasteiger partial charge in [0.25, 0.3) is 0 Å². The smallest absolute Gasteiger partial charge is 0.238 e. The van der Waals surface area contributed by atoms with Crippen molar-refractivity contribution in [2.75, 3.05) is 17.6 Å². The molecule has 1 aliphatic carbocycles. The van der Waals surface area contributed by atoms with Crippen molar-refractivity contribution in [2.45, 2.75) is 25.4 Å². The quantitative estimate of drug-likeness (QED) is 0.800. The third kappa shape index (κ3) is 3.64. The molecule has 3 rings (SSSR count). The van der Waals surface area contributed by atoms with Crippen LogP contribution in [-0.2, 0) is 11.3 Å². The molecule has 1 aromatic carbocycles. The average molecular weight is 285 g/mol. The van der Waals surface area contributed by atoms with Gasteiger partial charge in [-0.25, -0.2) is 0 Å². The van der Waals surface area contributed by atoms with E-state index in [9.17, 15) is 4.79 Å². The predicted octanol–water partition coefficient (Wildman–Crippen LogP) is 2.46. The Kier molecular flexibility index (Phi) is 3.92. The van der Waals surface area contributed by atoms with Crippen molar-refractivity contribution >= 4 is 17.3 Å². The lowest BCUT2D eigenvalue weighted by molar-refractivity contribution is -0.117. The summed E-state index contributed by atoms with van der Waals surface area (Å²) < 4.78 is 5.37. The number of benzene rings is 1. The molecule has 0 aliphatic heterocycles. The SMILES string of the molecule is Nc1ccccc1NC(=O)CN(Cc1ccco1)C1CC1. The molecule has 1 aliphatic rings. The summed E-state index contributed by atoms with van der Waals surface area (Å²) in [6.07, 6.45) is 3.94. The van der Waals surface area contributed by atoms with E-state index in [1.807, 2.05) is 24.3 Å². The van der Waals surface area contributed by atoms with Gasteiger partial charge >= 0.3 is 0 Å². The molecule has 0 radical (unpaired) electrons. The van der Waals surface area contributed by atoms with Gasteiger partial charge in [0.05, 0.1) is 30.7 Å². The zero-order valence-electron chi connectivity index (χ0n) is 11.8. The van der Waals surface area contributed by atoms with Crippen LogP contribution in [0.15, 0.2) is 47.1 Å². The number of carbonyl (C=O) groups is 1. The summed E-state index contributed by atoms with van der Waals surface area (Å²) in [4.78, 5) is 14.3. The predicted molar refractivity (Wildman–Crippen MR) is 81.6 cm³/mol. The fourth-order valence-electron chi connectivity index (χ4n) is 2.34. The molecule has 5 heteroatoms. The molecule has 0 bridgehead atoms. The van der Waals surface area contributed by atoms with E-state index in [1.54, 1.807) is 18.4 Å². The van der Waals surface area contributed by atoms with Crippen LogP contribution in [0.3, 0.4) is 0 Å². The molecule has 2 aromatic rings. The molecule has 1 aromatic heterocycles. The Morgan fingerprint density at radius 3 is 2.76 bits per heavy atom. The van der Waals surface area contributed by atoms with Crippen molar-refractivity contribution < 1.29 is 9.21 Å². The van der Waals surface area contributed by atoms with E-state index < -0.39 is 0 Å². The topological polar surface area (TPSA) is 71.5 Å².